The number of benzene rings is 1. The SMILES string of the molecule is CBN1C(C)(C)c2cc(Br)c(Br)cc2C1(C)C. The predicted molar refractivity (Wildman–Crippen MR) is 82.7 cm³/mol. The van der Waals surface area contributed by atoms with E-state index in [4.69, 9.17) is 0 Å². The van der Waals surface area contributed by atoms with E-state index in [9.17, 15) is 0 Å². The number of hydrogen-bond acceptors (Lipinski definition) is 1. The van der Waals surface area contributed by atoms with Crippen LogP contribution in [0.1, 0.15) is 38.8 Å². The van der Waals surface area contributed by atoms with Gasteiger partial charge in [-0.25, -0.2) is 0 Å². The maximum Gasteiger partial charge on any atom is 0.203 e. The number of nitrogens with zero attached hydrogens (tertiary/aromatic N) is 1. The molecule has 0 N–H and O–H groups in total. The van der Waals surface area contributed by atoms with Gasteiger partial charge in [-0.1, -0.05) is 6.82 Å². The largest absolute Gasteiger partial charge is 0.329 e. The van der Waals surface area contributed by atoms with Crippen LogP contribution in [-0.2, 0) is 11.1 Å². The third kappa shape index (κ3) is 1.84. The summed E-state index contributed by atoms with van der Waals surface area (Å²) >= 11 is 7.23. The van der Waals surface area contributed by atoms with Gasteiger partial charge in [0.05, 0.1) is 0 Å². The molecule has 1 nitrogen and oxygen atoms in total. The van der Waals surface area contributed by atoms with E-state index in [2.05, 4.69) is 83.3 Å². The number of fused-ring (bicyclic) bond motifs is 1. The molecule has 1 aromatic rings. The van der Waals surface area contributed by atoms with Gasteiger partial charge in [-0.05, 0) is 82.8 Å². The highest BCUT2D eigenvalue weighted by Gasteiger charge is 2.47. The van der Waals surface area contributed by atoms with Crippen LogP contribution in [0.2, 0.25) is 6.82 Å². The molecule has 1 aliphatic rings. The van der Waals surface area contributed by atoms with Crippen molar-refractivity contribution in [3.05, 3.63) is 32.2 Å². The van der Waals surface area contributed by atoms with E-state index in [1.165, 1.54) is 11.1 Å². The summed E-state index contributed by atoms with van der Waals surface area (Å²) in [7, 11) is 1.06. The van der Waals surface area contributed by atoms with Crippen molar-refractivity contribution in [2.45, 2.75) is 45.6 Å². The van der Waals surface area contributed by atoms with Gasteiger partial charge < -0.3 is 4.81 Å². The Hall–Kier alpha value is 0.205. The van der Waals surface area contributed by atoms with Gasteiger partial charge in [0.2, 0.25) is 7.41 Å². The highest BCUT2D eigenvalue weighted by molar-refractivity contribution is 9.13. The van der Waals surface area contributed by atoms with Gasteiger partial charge in [0, 0.05) is 20.0 Å². The number of halogens is 2. The molecule has 1 aromatic carbocycles. The molecular weight excluding hydrogens is 341 g/mol. The molecule has 17 heavy (non-hydrogen) atoms. The second-order valence-corrected chi connectivity index (χ2v) is 7.38. The van der Waals surface area contributed by atoms with Gasteiger partial charge in [-0.2, -0.15) is 0 Å². The van der Waals surface area contributed by atoms with Gasteiger partial charge >= 0.3 is 0 Å². The fraction of sp³-hybridized carbons (Fsp3) is 0.538. The summed E-state index contributed by atoms with van der Waals surface area (Å²) in [5.41, 5.74) is 3.05. The topological polar surface area (TPSA) is 3.24 Å². The zero-order valence-electron chi connectivity index (χ0n) is 11.1. The lowest BCUT2D eigenvalue weighted by Crippen LogP contribution is -2.46. The van der Waals surface area contributed by atoms with E-state index >= 15 is 0 Å². The summed E-state index contributed by atoms with van der Waals surface area (Å²) in [5, 5.41) is 0. The molecule has 0 spiro atoms. The van der Waals surface area contributed by atoms with Crippen LogP contribution in [0.4, 0.5) is 0 Å². The van der Waals surface area contributed by atoms with Gasteiger partial charge in [0.25, 0.3) is 0 Å². The average molecular weight is 359 g/mol. The Morgan fingerprint density at radius 3 is 1.59 bits per heavy atom. The smallest absolute Gasteiger partial charge is 0.203 e. The summed E-state index contributed by atoms with van der Waals surface area (Å²) in [6.45, 7) is 11.5. The fourth-order valence-corrected chi connectivity index (χ4v) is 4.03. The highest BCUT2D eigenvalue weighted by atomic mass is 79.9. The average Bonchev–Trinajstić information content (AvgIpc) is 2.33. The van der Waals surface area contributed by atoms with Crippen molar-refractivity contribution in [3.63, 3.8) is 0 Å². The number of rotatable bonds is 1. The van der Waals surface area contributed by atoms with E-state index in [1.807, 2.05) is 0 Å². The predicted octanol–water partition coefficient (Wildman–Crippen LogP) is 4.40. The Kier molecular flexibility index (Phi) is 3.29. The third-order valence-corrected chi connectivity index (χ3v) is 5.89. The van der Waals surface area contributed by atoms with Crippen LogP contribution < -0.4 is 0 Å². The molecule has 0 bridgehead atoms. The monoisotopic (exact) mass is 357 g/mol. The van der Waals surface area contributed by atoms with E-state index in [1.54, 1.807) is 0 Å². The van der Waals surface area contributed by atoms with E-state index in [0.717, 1.165) is 16.4 Å². The molecule has 0 fully saturated rings. The van der Waals surface area contributed by atoms with Crippen molar-refractivity contribution in [3.8, 4) is 0 Å². The Bertz CT molecular complexity index is 428. The van der Waals surface area contributed by atoms with Crippen LogP contribution in [-0.4, -0.2) is 12.2 Å². The summed E-state index contributed by atoms with van der Waals surface area (Å²) < 4.78 is 2.27. The molecule has 1 heterocycles. The van der Waals surface area contributed by atoms with Crippen molar-refractivity contribution >= 4 is 39.3 Å². The fourth-order valence-electron chi connectivity index (χ4n) is 3.34. The molecule has 2 rings (SSSR count). The first-order valence-corrected chi connectivity index (χ1v) is 7.59. The Balaban J connectivity index is 2.72. The Labute approximate surface area is 121 Å². The van der Waals surface area contributed by atoms with Gasteiger partial charge in [-0.3, -0.25) is 0 Å². The first-order valence-electron chi connectivity index (χ1n) is 6.00. The Morgan fingerprint density at radius 1 is 0.941 bits per heavy atom. The molecular formula is C13H18BBr2N. The van der Waals surface area contributed by atoms with Crippen LogP contribution >= 0.6 is 31.9 Å². The molecule has 0 aliphatic carbocycles. The third-order valence-electron chi connectivity index (χ3n) is 4.04. The first-order chi connectivity index (χ1) is 7.72. The summed E-state index contributed by atoms with van der Waals surface area (Å²) in [4.78, 5) is 2.56. The van der Waals surface area contributed by atoms with Crippen LogP contribution in [0.25, 0.3) is 0 Å². The van der Waals surface area contributed by atoms with E-state index in [-0.39, 0.29) is 11.1 Å². The molecule has 0 unspecified atom stereocenters. The minimum absolute atomic E-state index is 0.0941. The van der Waals surface area contributed by atoms with Gasteiger partial charge in [0.15, 0.2) is 0 Å². The van der Waals surface area contributed by atoms with E-state index < -0.39 is 0 Å². The zero-order valence-corrected chi connectivity index (χ0v) is 14.2. The van der Waals surface area contributed by atoms with Crippen LogP contribution in [0.5, 0.6) is 0 Å². The maximum atomic E-state index is 3.61. The highest BCUT2D eigenvalue weighted by Crippen LogP contribution is 2.50. The van der Waals surface area contributed by atoms with Crippen LogP contribution in [0.15, 0.2) is 21.1 Å². The van der Waals surface area contributed by atoms with Crippen molar-refractivity contribution < 1.29 is 0 Å². The second-order valence-electron chi connectivity index (χ2n) is 5.67. The molecule has 0 saturated heterocycles. The van der Waals surface area contributed by atoms with Crippen molar-refractivity contribution in [1.29, 1.82) is 0 Å². The van der Waals surface area contributed by atoms with Crippen molar-refractivity contribution in [1.82, 2.24) is 4.81 Å². The second kappa shape index (κ2) is 4.11. The van der Waals surface area contributed by atoms with Crippen molar-refractivity contribution in [2.24, 2.45) is 0 Å². The van der Waals surface area contributed by atoms with Crippen LogP contribution in [0.3, 0.4) is 0 Å². The molecule has 92 valence electrons. The maximum absolute atomic E-state index is 3.61. The summed E-state index contributed by atoms with van der Waals surface area (Å²) in [6, 6.07) is 4.52. The first kappa shape index (κ1) is 13.6. The summed E-state index contributed by atoms with van der Waals surface area (Å²) in [6.07, 6.45) is 0. The quantitative estimate of drug-likeness (QED) is 0.673. The Morgan fingerprint density at radius 2 is 1.29 bits per heavy atom. The van der Waals surface area contributed by atoms with Gasteiger partial charge in [-0.15, -0.1) is 0 Å². The van der Waals surface area contributed by atoms with Crippen LogP contribution in [0, 0.1) is 0 Å². The van der Waals surface area contributed by atoms with Crippen molar-refractivity contribution in [2.75, 3.05) is 0 Å². The molecule has 0 atom stereocenters. The lowest BCUT2D eigenvalue weighted by Gasteiger charge is -2.40. The molecule has 0 saturated carbocycles. The normalized spacial score (nSPS) is 21.4. The minimum atomic E-state index is 0.0941. The molecule has 4 heteroatoms. The van der Waals surface area contributed by atoms with Gasteiger partial charge in [0.1, 0.15) is 0 Å². The lowest BCUT2D eigenvalue weighted by atomic mass is 9.83. The molecule has 0 amide bonds. The molecule has 1 aliphatic heterocycles. The zero-order chi connectivity index (χ0) is 13.0. The standard InChI is InChI=1S/C13H18BBr2N/c1-12(2)8-6-10(15)11(16)7-9(8)13(3,4)17(12)14-5/h6-7,14H,1-5H3. The number of hydrogen-bond donors (Lipinski definition) is 0. The summed E-state index contributed by atoms with van der Waals surface area (Å²) in [5.74, 6) is 0. The molecule has 0 radical (unpaired) electrons. The minimum Gasteiger partial charge on any atom is -0.329 e. The lowest BCUT2D eigenvalue weighted by molar-refractivity contribution is 0.146. The van der Waals surface area contributed by atoms with E-state index in [0.29, 0.717) is 0 Å². The molecule has 0 aromatic heterocycles.